The monoisotopic (exact) mass is 266 g/mol. The average Bonchev–Trinajstić information content (AvgIpc) is 3.17. The molecule has 0 saturated carbocycles. The van der Waals surface area contributed by atoms with Crippen molar-refractivity contribution in [2.45, 2.75) is 13.3 Å². The minimum absolute atomic E-state index is 0.146. The largest absolute Gasteiger partial charge is 0.458 e. The summed E-state index contributed by atoms with van der Waals surface area (Å²) in [6.45, 7) is 1.99. The molecule has 100 valence electrons. The third-order valence-corrected chi connectivity index (χ3v) is 3.10. The van der Waals surface area contributed by atoms with Crippen molar-refractivity contribution in [1.82, 2.24) is 9.78 Å². The van der Waals surface area contributed by atoms with Crippen LogP contribution in [0.5, 0.6) is 0 Å². The van der Waals surface area contributed by atoms with Gasteiger partial charge in [0.2, 0.25) is 5.78 Å². The van der Waals surface area contributed by atoms with E-state index in [1.807, 2.05) is 43.3 Å². The molecule has 3 aromatic rings. The van der Waals surface area contributed by atoms with Crippen LogP contribution in [0.25, 0.3) is 5.69 Å². The van der Waals surface area contributed by atoms with E-state index in [1.54, 1.807) is 23.1 Å². The number of ketones is 1. The second-order valence-electron chi connectivity index (χ2n) is 4.46. The maximum Gasteiger partial charge on any atom is 0.231 e. The lowest BCUT2D eigenvalue weighted by atomic mass is 10.2. The summed E-state index contributed by atoms with van der Waals surface area (Å²) in [4.78, 5) is 12.3. The van der Waals surface area contributed by atoms with Crippen molar-refractivity contribution >= 4 is 5.78 Å². The Morgan fingerprint density at radius 3 is 2.70 bits per heavy atom. The summed E-state index contributed by atoms with van der Waals surface area (Å²) in [6.07, 6.45) is 4.05. The summed E-state index contributed by atoms with van der Waals surface area (Å²) in [5, 5.41) is 4.21. The smallest absolute Gasteiger partial charge is 0.231 e. The van der Waals surface area contributed by atoms with Crippen molar-refractivity contribution in [2.24, 2.45) is 0 Å². The summed E-state index contributed by atoms with van der Waals surface area (Å²) < 4.78 is 7.15. The number of hydrogen-bond donors (Lipinski definition) is 0. The highest BCUT2D eigenvalue weighted by molar-refractivity contribution is 6.06. The van der Waals surface area contributed by atoms with Crippen LogP contribution in [-0.4, -0.2) is 15.6 Å². The van der Waals surface area contributed by atoms with Gasteiger partial charge < -0.3 is 4.42 Å². The van der Waals surface area contributed by atoms with E-state index in [2.05, 4.69) is 5.10 Å². The van der Waals surface area contributed by atoms with Gasteiger partial charge in [0.25, 0.3) is 0 Å². The zero-order valence-electron chi connectivity index (χ0n) is 11.1. The van der Waals surface area contributed by atoms with E-state index in [-0.39, 0.29) is 5.78 Å². The molecule has 2 aromatic heterocycles. The Morgan fingerprint density at radius 1 is 1.20 bits per heavy atom. The Kier molecular flexibility index (Phi) is 3.21. The first-order valence-electron chi connectivity index (χ1n) is 6.51. The summed E-state index contributed by atoms with van der Waals surface area (Å²) in [6, 6.07) is 13.2. The molecule has 4 nitrogen and oxygen atoms in total. The molecule has 3 rings (SSSR count). The van der Waals surface area contributed by atoms with E-state index in [9.17, 15) is 4.79 Å². The number of furan rings is 1. The predicted octanol–water partition coefficient (Wildman–Crippen LogP) is 3.26. The van der Waals surface area contributed by atoms with Crippen LogP contribution in [0.1, 0.15) is 28.8 Å². The highest BCUT2D eigenvalue weighted by Crippen LogP contribution is 2.15. The standard InChI is InChI=1S/C16H14N2O2/c1-2-14-8-9-15(20-14)16(19)12-10-17-18(11-12)13-6-4-3-5-7-13/h3-11H,2H2,1H3. The van der Waals surface area contributed by atoms with Gasteiger partial charge in [0.1, 0.15) is 5.76 Å². The maximum absolute atomic E-state index is 12.3. The van der Waals surface area contributed by atoms with Gasteiger partial charge in [-0.1, -0.05) is 25.1 Å². The highest BCUT2D eigenvalue weighted by atomic mass is 16.3. The third-order valence-electron chi connectivity index (χ3n) is 3.10. The number of aryl methyl sites for hydroxylation is 1. The molecule has 0 unspecified atom stereocenters. The summed E-state index contributed by atoms with van der Waals surface area (Å²) in [7, 11) is 0. The van der Waals surface area contributed by atoms with E-state index in [1.165, 1.54) is 0 Å². The van der Waals surface area contributed by atoms with Crippen LogP contribution in [0.15, 0.2) is 59.3 Å². The SMILES string of the molecule is CCc1ccc(C(=O)c2cnn(-c3ccccc3)c2)o1. The van der Waals surface area contributed by atoms with Crippen LogP contribution in [0.4, 0.5) is 0 Å². The fraction of sp³-hybridized carbons (Fsp3) is 0.125. The number of rotatable bonds is 4. The van der Waals surface area contributed by atoms with E-state index in [0.717, 1.165) is 17.9 Å². The van der Waals surface area contributed by atoms with Gasteiger partial charge in [-0.2, -0.15) is 5.10 Å². The Labute approximate surface area is 116 Å². The normalized spacial score (nSPS) is 10.7. The number of benzene rings is 1. The Hall–Kier alpha value is -2.62. The summed E-state index contributed by atoms with van der Waals surface area (Å²) in [5.41, 5.74) is 1.44. The molecule has 2 heterocycles. The second kappa shape index (κ2) is 5.17. The number of hydrogen-bond acceptors (Lipinski definition) is 3. The third kappa shape index (κ3) is 2.28. The number of nitrogens with zero attached hydrogens (tertiary/aromatic N) is 2. The van der Waals surface area contributed by atoms with Gasteiger partial charge in [0.15, 0.2) is 5.76 Å². The first-order valence-corrected chi connectivity index (χ1v) is 6.51. The van der Waals surface area contributed by atoms with Gasteiger partial charge in [-0.15, -0.1) is 0 Å². The minimum atomic E-state index is -0.146. The van der Waals surface area contributed by atoms with Gasteiger partial charge in [-0.05, 0) is 24.3 Å². The molecule has 20 heavy (non-hydrogen) atoms. The molecule has 4 heteroatoms. The molecule has 0 radical (unpaired) electrons. The molecule has 0 aliphatic rings. The van der Waals surface area contributed by atoms with Crippen LogP contribution < -0.4 is 0 Å². The van der Waals surface area contributed by atoms with Crippen molar-refractivity contribution in [2.75, 3.05) is 0 Å². The van der Waals surface area contributed by atoms with Crippen LogP contribution in [0, 0.1) is 0 Å². The minimum Gasteiger partial charge on any atom is -0.458 e. The molecule has 1 aromatic carbocycles. The first-order chi connectivity index (χ1) is 9.78. The first kappa shape index (κ1) is 12.4. The lowest BCUT2D eigenvalue weighted by molar-refractivity contribution is 0.101. The van der Waals surface area contributed by atoms with Crippen LogP contribution >= 0.6 is 0 Å². The Morgan fingerprint density at radius 2 is 2.00 bits per heavy atom. The number of carbonyl (C=O) groups excluding carboxylic acids is 1. The fourth-order valence-electron chi connectivity index (χ4n) is 1.99. The number of aromatic nitrogens is 2. The molecular weight excluding hydrogens is 252 g/mol. The second-order valence-corrected chi connectivity index (χ2v) is 4.46. The van der Waals surface area contributed by atoms with Crippen molar-refractivity contribution in [3.8, 4) is 5.69 Å². The van der Waals surface area contributed by atoms with Crippen molar-refractivity contribution in [1.29, 1.82) is 0 Å². The van der Waals surface area contributed by atoms with Crippen molar-refractivity contribution < 1.29 is 9.21 Å². The van der Waals surface area contributed by atoms with Crippen LogP contribution in [0.3, 0.4) is 0 Å². The molecule has 0 atom stereocenters. The van der Waals surface area contributed by atoms with Gasteiger partial charge in [0.05, 0.1) is 17.4 Å². The van der Waals surface area contributed by atoms with Crippen LogP contribution in [0.2, 0.25) is 0 Å². The molecular formula is C16H14N2O2. The molecule has 0 amide bonds. The van der Waals surface area contributed by atoms with Gasteiger partial charge in [-0.3, -0.25) is 4.79 Å². The fourth-order valence-corrected chi connectivity index (χ4v) is 1.99. The van der Waals surface area contributed by atoms with E-state index in [0.29, 0.717) is 11.3 Å². The van der Waals surface area contributed by atoms with Gasteiger partial charge in [0, 0.05) is 12.6 Å². The molecule has 0 aliphatic heterocycles. The Balaban J connectivity index is 1.88. The molecule has 0 aliphatic carbocycles. The molecule has 0 saturated heterocycles. The van der Waals surface area contributed by atoms with Crippen molar-refractivity contribution in [3.05, 3.63) is 71.9 Å². The zero-order chi connectivity index (χ0) is 13.9. The topological polar surface area (TPSA) is 48.0 Å². The quantitative estimate of drug-likeness (QED) is 0.681. The molecule has 0 N–H and O–H groups in total. The lowest BCUT2D eigenvalue weighted by Crippen LogP contribution is -1.98. The van der Waals surface area contributed by atoms with Gasteiger partial charge in [-0.25, -0.2) is 4.68 Å². The zero-order valence-corrected chi connectivity index (χ0v) is 11.1. The van der Waals surface area contributed by atoms with Gasteiger partial charge >= 0.3 is 0 Å². The maximum atomic E-state index is 12.3. The van der Waals surface area contributed by atoms with E-state index in [4.69, 9.17) is 4.42 Å². The van der Waals surface area contributed by atoms with Crippen molar-refractivity contribution in [3.63, 3.8) is 0 Å². The Bertz CT molecular complexity index is 726. The number of para-hydroxylation sites is 1. The van der Waals surface area contributed by atoms with E-state index < -0.39 is 0 Å². The molecule has 0 spiro atoms. The number of carbonyl (C=O) groups is 1. The average molecular weight is 266 g/mol. The predicted molar refractivity (Wildman–Crippen MR) is 75.1 cm³/mol. The highest BCUT2D eigenvalue weighted by Gasteiger charge is 2.15. The lowest BCUT2D eigenvalue weighted by Gasteiger charge is -1.98. The summed E-state index contributed by atoms with van der Waals surface area (Å²) >= 11 is 0. The summed E-state index contributed by atoms with van der Waals surface area (Å²) in [5.74, 6) is 1.02. The molecule has 0 bridgehead atoms. The van der Waals surface area contributed by atoms with Crippen LogP contribution in [-0.2, 0) is 6.42 Å². The molecule has 0 fully saturated rings. The van der Waals surface area contributed by atoms with E-state index >= 15 is 0 Å².